The van der Waals surface area contributed by atoms with Gasteiger partial charge in [0.25, 0.3) is 5.69 Å². The lowest BCUT2D eigenvalue weighted by molar-refractivity contribution is -0.384. The average Bonchev–Trinajstić information content (AvgIpc) is 3.59. The lowest BCUT2D eigenvalue weighted by atomic mass is 10.0. The summed E-state index contributed by atoms with van der Waals surface area (Å²) in [6.07, 6.45) is 1.77. The van der Waals surface area contributed by atoms with Crippen molar-refractivity contribution < 1.29 is 9.34 Å². The zero-order valence-electron chi connectivity index (χ0n) is 20.8. The Bertz CT molecular complexity index is 1660. The number of anilines is 1. The van der Waals surface area contributed by atoms with Crippen LogP contribution in [0.25, 0.3) is 11.3 Å². The van der Waals surface area contributed by atoms with Gasteiger partial charge in [0.05, 0.1) is 16.7 Å². The smallest absolute Gasteiger partial charge is 0.269 e. The predicted octanol–water partition coefficient (Wildman–Crippen LogP) is 8.23. The van der Waals surface area contributed by atoms with Crippen LogP contribution in [0.1, 0.15) is 23.5 Å². The molecule has 1 aliphatic heterocycles. The van der Waals surface area contributed by atoms with Crippen molar-refractivity contribution in [2.75, 3.05) is 4.90 Å². The monoisotopic (exact) mass is 584 g/mol. The summed E-state index contributed by atoms with van der Waals surface area (Å²) >= 11 is 13.4. The number of hydrogen-bond donors (Lipinski definition) is 1. The van der Waals surface area contributed by atoms with E-state index in [4.69, 9.17) is 28.2 Å². The van der Waals surface area contributed by atoms with Crippen LogP contribution in [0.3, 0.4) is 0 Å². The Morgan fingerprint density at radius 2 is 1.62 bits per heavy atom. The van der Waals surface area contributed by atoms with Crippen molar-refractivity contribution in [1.82, 2.24) is 10.3 Å². The van der Waals surface area contributed by atoms with Crippen LogP contribution in [0.2, 0.25) is 5.02 Å². The van der Waals surface area contributed by atoms with Gasteiger partial charge in [-0.05, 0) is 97.1 Å². The third-order valence-corrected chi connectivity index (χ3v) is 8.13. The van der Waals surface area contributed by atoms with E-state index in [1.807, 2.05) is 78.9 Å². The average molecular weight is 585 g/mol. The molecule has 0 amide bonds. The number of nitro benzene ring substituents is 1. The van der Waals surface area contributed by atoms with Crippen molar-refractivity contribution >= 4 is 52.1 Å². The van der Waals surface area contributed by atoms with Gasteiger partial charge in [-0.15, -0.1) is 0 Å². The number of pyridine rings is 1. The van der Waals surface area contributed by atoms with Gasteiger partial charge in [-0.3, -0.25) is 15.1 Å². The zero-order chi connectivity index (χ0) is 27.6. The van der Waals surface area contributed by atoms with E-state index in [-0.39, 0.29) is 17.8 Å². The van der Waals surface area contributed by atoms with Crippen LogP contribution < -0.4 is 10.2 Å². The second-order valence-corrected chi connectivity index (χ2v) is 11.0. The van der Waals surface area contributed by atoms with Crippen LogP contribution in [0, 0.1) is 10.1 Å². The van der Waals surface area contributed by atoms with Gasteiger partial charge in [0, 0.05) is 44.4 Å². The van der Waals surface area contributed by atoms with E-state index >= 15 is 0 Å². The number of furan rings is 1. The van der Waals surface area contributed by atoms with Gasteiger partial charge in [-0.2, -0.15) is 0 Å². The number of nitrogens with one attached hydrogen (secondary N) is 1. The summed E-state index contributed by atoms with van der Waals surface area (Å²) in [6, 6.07) is 31.3. The third-order valence-electron chi connectivity index (χ3n) is 6.54. The molecule has 5 aromatic rings. The lowest BCUT2D eigenvalue weighted by Crippen LogP contribution is -2.29. The maximum Gasteiger partial charge on any atom is 0.269 e. The first-order valence-corrected chi connectivity index (χ1v) is 14.0. The Morgan fingerprint density at radius 1 is 0.925 bits per heavy atom. The Balaban J connectivity index is 1.31. The van der Waals surface area contributed by atoms with Gasteiger partial charge >= 0.3 is 0 Å². The van der Waals surface area contributed by atoms with E-state index in [1.54, 1.807) is 18.3 Å². The van der Waals surface area contributed by atoms with Crippen molar-refractivity contribution in [3.63, 3.8) is 0 Å². The van der Waals surface area contributed by atoms with Gasteiger partial charge in [0.1, 0.15) is 17.6 Å². The van der Waals surface area contributed by atoms with Gasteiger partial charge in [0.2, 0.25) is 0 Å². The molecule has 10 heteroatoms. The van der Waals surface area contributed by atoms with Gasteiger partial charge in [-0.25, -0.2) is 0 Å². The van der Waals surface area contributed by atoms with Crippen LogP contribution in [-0.2, 0) is 0 Å². The molecule has 1 fully saturated rings. The summed E-state index contributed by atoms with van der Waals surface area (Å²) in [5.74, 6) is 1.48. The van der Waals surface area contributed by atoms with Crippen LogP contribution in [-0.4, -0.2) is 15.0 Å². The molecule has 0 saturated carbocycles. The molecule has 1 aliphatic rings. The second kappa shape index (κ2) is 11.1. The van der Waals surface area contributed by atoms with E-state index < -0.39 is 4.92 Å². The predicted molar refractivity (Wildman–Crippen MR) is 161 cm³/mol. The van der Waals surface area contributed by atoms with E-state index in [9.17, 15) is 10.1 Å². The minimum Gasteiger partial charge on any atom is -0.459 e. The van der Waals surface area contributed by atoms with Crippen LogP contribution in [0.15, 0.2) is 124 Å². The Kier molecular flexibility index (Phi) is 7.25. The molecule has 7 nitrogen and oxygen atoms in total. The molecule has 40 heavy (non-hydrogen) atoms. The first-order valence-electron chi connectivity index (χ1n) is 12.3. The summed E-state index contributed by atoms with van der Waals surface area (Å²) in [4.78, 5) is 19.1. The Morgan fingerprint density at radius 3 is 2.27 bits per heavy atom. The first-order chi connectivity index (χ1) is 19.5. The minimum atomic E-state index is -0.400. The van der Waals surface area contributed by atoms with Crippen LogP contribution >= 0.6 is 35.6 Å². The van der Waals surface area contributed by atoms with Crippen molar-refractivity contribution in [2.24, 2.45) is 0 Å². The third kappa shape index (κ3) is 5.31. The summed E-state index contributed by atoms with van der Waals surface area (Å²) in [5, 5.41) is 15.6. The number of nitrogens with zero attached hydrogens (tertiary/aromatic N) is 3. The van der Waals surface area contributed by atoms with Crippen LogP contribution in [0.5, 0.6) is 0 Å². The first kappa shape index (κ1) is 26.1. The second-order valence-electron chi connectivity index (χ2n) is 9.05. The molecule has 1 saturated heterocycles. The molecule has 3 heterocycles. The molecule has 2 atom stereocenters. The summed E-state index contributed by atoms with van der Waals surface area (Å²) < 4.78 is 6.41. The maximum atomic E-state index is 11.0. The van der Waals surface area contributed by atoms with Crippen molar-refractivity contribution in [3.8, 4) is 11.3 Å². The molecule has 1 N–H and O–H groups in total. The standard InChI is InChI=1S/C30H21ClN4O3S2/c31-20-6-4-19(5-7-20)26-16-17-27(38-26)29-28(25-3-1-2-18-32-25)33-30(39)34(29)21-8-12-23(13-9-21)40-24-14-10-22(11-15-24)35(36)37/h1-18,28-29H,(H,33,39). The lowest BCUT2D eigenvalue weighted by Gasteiger charge is -2.26. The Labute approximate surface area is 245 Å². The fourth-order valence-electron chi connectivity index (χ4n) is 4.65. The number of nitro groups is 1. The molecule has 0 spiro atoms. The highest BCUT2D eigenvalue weighted by Crippen LogP contribution is 2.43. The molecular formula is C30H21ClN4O3S2. The topological polar surface area (TPSA) is 84.4 Å². The minimum absolute atomic E-state index is 0.0698. The molecule has 2 unspecified atom stereocenters. The summed E-state index contributed by atoms with van der Waals surface area (Å²) in [5.41, 5.74) is 2.75. The number of rotatable bonds is 7. The van der Waals surface area contributed by atoms with Crippen molar-refractivity contribution in [1.29, 1.82) is 0 Å². The number of halogens is 1. The molecule has 6 rings (SSSR count). The fourth-order valence-corrected chi connectivity index (χ4v) is 5.94. The molecular weight excluding hydrogens is 564 g/mol. The molecule has 198 valence electrons. The Hall–Kier alpha value is -4.18. The molecule has 0 bridgehead atoms. The van der Waals surface area contributed by atoms with E-state index in [0.29, 0.717) is 10.1 Å². The molecule has 0 aliphatic carbocycles. The van der Waals surface area contributed by atoms with Gasteiger partial charge < -0.3 is 14.6 Å². The quantitative estimate of drug-likeness (QED) is 0.116. The summed E-state index contributed by atoms with van der Waals surface area (Å²) in [7, 11) is 0. The highest BCUT2D eigenvalue weighted by atomic mass is 35.5. The van der Waals surface area contributed by atoms with Gasteiger partial charge in [-0.1, -0.05) is 29.4 Å². The highest BCUT2D eigenvalue weighted by molar-refractivity contribution is 7.99. The molecule has 0 radical (unpaired) electrons. The molecule has 2 aromatic heterocycles. The highest BCUT2D eigenvalue weighted by Gasteiger charge is 2.42. The number of hydrogen-bond acceptors (Lipinski definition) is 6. The van der Waals surface area contributed by atoms with Crippen LogP contribution in [0.4, 0.5) is 11.4 Å². The number of non-ortho nitro benzene ring substituents is 1. The molecule has 3 aromatic carbocycles. The van der Waals surface area contributed by atoms with Crippen molar-refractivity contribution in [3.05, 3.63) is 136 Å². The van der Waals surface area contributed by atoms with E-state index in [1.165, 1.54) is 23.9 Å². The fraction of sp³-hybridized carbons (Fsp3) is 0.0667. The normalized spacial score (nSPS) is 16.6. The van der Waals surface area contributed by atoms with E-state index in [0.717, 1.165) is 38.3 Å². The zero-order valence-corrected chi connectivity index (χ0v) is 23.2. The summed E-state index contributed by atoms with van der Waals surface area (Å²) in [6.45, 7) is 0. The maximum absolute atomic E-state index is 11.0. The SMILES string of the molecule is O=[N+]([O-])c1ccc(Sc2ccc(N3C(=S)NC(c4ccccn4)C3c3ccc(-c4ccc(Cl)cc4)o3)cc2)cc1. The number of thiocarbonyl (C=S) groups is 1. The van der Waals surface area contributed by atoms with Crippen molar-refractivity contribution in [2.45, 2.75) is 21.9 Å². The van der Waals surface area contributed by atoms with E-state index in [2.05, 4.69) is 15.2 Å². The number of aromatic nitrogens is 1. The number of benzene rings is 3. The van der Waals surface area contributed by atoms with Gasteiger partial charge in [0.15, 0.2) is 5.11 Å². The largest absolute Gasteiger partial charge is 0.459 e.